The summed E-state index contributed by atoms with van der Waals surface area (Å²) in [5.74, 6) is -1.33. The fourth-order valence-corrected chi connectivity index (χ4v) is 1.33. The first-order valence-electron chi connectivity index (χ1n) is 4.34. The first kappa shape index (κ1) is 10.0. The molecule has 0 aliphatic carbocycles. The number of nitrogens with two attached hydrogens (primary N) is 1. The predicted octanol–water partition coefficient (Wildman–Crippen LogP) is 0.833. The SMILES string of the molecule is NCC(O)c1nc2c(F)cc(F)cc2[nH]1. The smallest absolute Gasteiger partial charge is 0.153 e. The summed E-state index contributed by atoms with van der Waals surface area (Å²) in [6, 6.07) is 1.85. The van der Waals surface area contributed by atoms with Gasteiger partial charge in [0.1, 0.15) is 23.3 Å². The molecule has 0 saturated carbocycles. The van der Waals surface area contributed by atoms with Gasteiger partial charge in [0.05, 0.1) is 5.52 Å². The second kappa shape index (κ2) is 3.56. The number of halogens is 2. The van der Waals surface area contributed by atoms with Gasteiger partial charge in [-0.3, -0.25) is 0 Å². The van der Waals surface area contributed by atoms with E-state index in [1.165, 1.54) is 0 Å². The van der Waals surface area contributed by atoms with E-state index in [4.69, 9.17) is 5.73 Å². The Morgan fingerprint density at radius 2 is 2.20 bits per heavy atom. The van der Waals surface area contributed by atoms with Crippen molar-refractivity contribution in [3.63, 3.8) is 0 Å². The Hall–Kier alpha value is -1.53. The van der Waals surface area contributed by atoms with Crippen molar-refractivity contribution in [2.75, 3.05) is 6.54 Å². The summed E-state index contributed by atoms with van der Waals surface area (Å²) < 4.78 is 26.0. The van der Waals surface area contributed by atoms with Crippen LogP contribution in [0.2, 0.25) is 0 Å². The summed E-state index contributed by atoms with van der Waals surface area (Å²) >= 11 is 0. The lowest BCUT2D eigenvalue weighted by atomic mass is 10.3. The molecule has 0 aliphatic rings. The molecule has 0 saturated heterocycles. The standard InChI is InChI=1S/C9H9F2N3O/c10-4-1-5(11)8-6(2-4)13-9(14-8)7(15)3-12/h1-2,7,15H,3,12H2,(H,13,14). The van der Waals surface area contributed by atoms with Crippen LogP contribution < -0.4 is 5.73 Å². The normalized spacial score (nSPS) is 13.3. The molecule has 1 atom stereocenters. The van der Waals surface area contributed by atoms with Gasteiger partial charge in [0.2, 0.25) is 0 Å². The number of hydrogen-bond donors (Lipinski definition) is 3. The minimum Gasteiger partial charge on any atom is -0.384 e. The molecular weight excluding hydrogens is 204 g/mol. The largest absolute Gasteiger partial charge is 0.384 e. The summed E-state index contributed by atoms with van der Waals surface area (Å²) in [4.78, 5) is 6.40. The average Bonchev–Trinajstić information content (AvgIpc) is 2.60. The van der Waals surface area contributed by atoms with Gasteiger partial charge in [-0.15, -0.1) is 0 Å². The molecule has 0 aliphatic heterocycles. The highest BCUT2D eigenvalue weighted by atomic mass is 19.1. The van der Waals surface area contributed by atoms with Gasteiger partial charge in [-0.05, 0) is 6.07 Å². The van der Waals surface area contributed by atoms with E-state index in [9.17, 15) is 13.9 Å². The zero-order valence-corrected chi connectivity index (χ0v) is 7.67. The predicted molar refractivity (Wildman–Crippen MR) is 50.0 cm³/mol. The Labute approximate surface area is 83.7 Å². The van der Waals surface area contributed by atoms with E-state index in [1.807, 2.05) is 0 Å². The molecule has 0 radical (unpaired) electrons. The van der Waals surface area contributed by atoms with Crippen LogP contribution in [0.15, 0.2) is 12.1 Å². The third-order valence-electron chi connectivity index (χ3n) is 2.06. The number of imidazole rings is 1. The van der Waals surface area contributed by atoms with Crippen molar-refractivity contribution in [3.8, 4) is 0 Å². The van der Waals surface area contributed by atoms with Crippen LogP contribution in [-0.4, -0.2) is 21.6 Å². The van der Waals surface area contributed by atoms with E-state index < -0.39 is 17.7 Å². The van der Waals surface area contributed by atoms with Crippen LogP contribution in [0.3, 0.4) is 0 Å². The third kappa shape index (κ3) is 1.69. The van der Waals surface area contributed by atoms with Crippen LogP contribution in [0.5, 0.6) is 0 Å². The summed E-state index contributed by atoms with van der Waals surface area (Å²) in [6.07, 6.45) is -1.00. The second-order valence-electron chi connectivity index (χ2n) is 3.16. The van der Waals surface area contributed by atoms with Gasteiger partial charge < -0.3 is 15.8 Å². The van der Waals surface area contributed by atoms with Crippen molar-refractivity contribution < 1.29 is 13.9 Å². The number of aliphatic hydroxyl groups is 1. The van der Waals surface area contributed by atoms with Gasteiger partial charge in [0.25, 0.3) is 0 Å². The topological polar surface area (TPSA) is 74.9 Å². The number of aromatic nitrogens is 2. The maximum Gasteiger partial charge on any atom is 0.153 e. The third-order valence-corrected chi connectivity index (χ3v) is 2.06. The minimum absolute atomic E-state index is 0.00102. The van der Waals surface area contributed by atoms with E-state index in [2.05, 4.69) is 9.97 Å². The molecule has 2 aromatic rings. The van der Waals surface area contributed by atoms with Gasteiger partial charge in [-0.1, -0.05) is 0 Å². The highest BCUT2D eigenvalue weighted by Crippen LogP contribution is 2.19. The van der Waals surface area contributed by atoms with Crippen LogP contribution in [0.4, 0.5) is 8.78 Å². The van der Waals surface area contributed by atoms with E-state index in [0.29, 0.717) is 0 Å². The first-order valence-corrected chi connectivity index (χ1v) is 4.34. The summed E-state index contributed by atoms with van der Waals surface area (Å²) in [5, 5.41) is 9.36. The van der Waals surface area contributed by atoms with Crippen LogP contribution in [-0.2, 0) is 0 Å². The van der Waals surface area contributed by atoms with Gasteiger partial charge >= 0.3 is 0 Å². The van der Waals surface area contributed by atoms with E-state index >= 15 is 0 Å². The van der Waals surface area contributed by atoms with Gasteiger partial charge in [0.15, 0.2) is 5.82 Å². The second-order valence-corrected chi connectivity index (χ2v) is 3.16. The Morgan fingerprint density at radius 1 is 1.47 bits per heavy atom. The number of aromatic amines is 1. The van der Waals surface area contributed by atoms with Crippen LogP contribution in [0.1, 0.15) is 11.9 Å². The van der Waals surface area contributed by atoms with Crippen molar-refractivity contribution in [2.24, 2.45) is 5.73 Å². The highest BCUT2D eigenvalue weighted by Gasteiger charge is 2.14. The lowest BCUT2D eigenvalue weighted by Gasteiger charge is -2.00. The zero-order chi connectivity index (χ0) is 11.0. The maximum absolute atomic E-state index is 13.2. The van der Waals surface area contributed by atoms with Crippen molar-refractivity contribution in [2.45, 2.75) is 6.10 Å². The Kier molecular flexibility index (Phi) is 2.37. The molecule has 6 heteroatoms. The minimum atomic E-state index is -1.00. The Balaban J connectivity index is 2.60. The number of H-pyrrole nitrogens is 1. The number of fused-ring (bicyclic) bond motifs is 1. The number of nitrogens with one attached hydrogen (secondary N) is 1. The molecule has 15 heavy (non-hydrogen) atoms. The Morgan fingerprint density at radius 3 is 2.87 bits per heavy atom. The van der Waals surface area contributed by atoms with Crippen LogP contribution in [0.25, 0.3) is 11.0 Å². The van der Waals surface area contributed by atoms with E-state index in [1.54, 1.807) is 0 Å². The summed E-state index contributed by atoms with van der Waals surface area (Å²) in [7, 11) is 0. The molecule has 0 fully saturated rings. The number of nitrogens with zero attached hydrogens (tertiary/aromatic N) is 1. The monoisotopic (exact) mass is 213 g/mol. The highest BCUT2D eigenvalue weighted by molar-refractivity contribution is 5.75. The Bertz CT molecular complexity index is 497. The molecule has 1 aromatic carbocycles. The maximum atomic E-state index is 13.2. The molecule has 0 spiro atoms. The van der Waals surface area contributed by atoms with Gasteiger partial charge in [-0.2, -0.15) is 0 Å². The molecule has 1 heterocycles. The molecule has 1 aromatic heterocycles. The fraction of sp³-hybridized carbons (Fsp3) is 0.222. The van der Waals surface area contributed by atoms with Gasteiger partial charge in [0, 0.05) is 12.6 Å². The number of rotatable bonds is 2. The van der Waals surface area contributed by atoms with Crippen LogP contribution in [0, 0.1) is 11.6 Å². The van der Waals surface area contributed by atoms with Crippen molar-refractivity contribution in [3.05, 3.63) is 29.6 Å². The first-order chi connectivity index (χ1) is 7.11. The number of aliphatic hydroxyl groups excluding tert-OH is 1. The molecule has 4 N–H and O–H groups in total. The molecule has 0 amide bonds. The lowest BCUT2D eigenvalue weighted by molar-refractivity contribution is 0.178. The molecule has 80 valence electrons. The molecule has 2 rings (SSSR count). The van der Waals surface area contributed by atoms with Gasteiger partial charge in [-0.25, -0.2) is 13.8 Å². The van der Waals surface area contributed by atoms with Crippen molar-refractivity contribution in [1.82, 2.24) is 9.97 Å². The lowest BCUT2D eigenvalue weighted by Crippen LogP contribution is -2.12. The van der Waals surface area contributed by atoms with E-state index in [-0.39, 0.29) is 23.4 Å². The molecule has 4 nitrogen and oxygen atoms in total. The summed E-state index contributed by atoms with van der Waals surface area (Å²) in [6.45, 7) is -0.0378. The molecular formula is C9H9F2N3O. The average molecular weight is 213 g/mol. The van der Waals surface area contributed by atoms with Crippen LogP contribution >= 0.6 is 0 Å². The summed E-state index contributed by atoms with van der Waals surface area (Å²) in [5.41, 5.74) is 5.42. The molecule has 0 bridgehead atoms. The number of hydrogen-bond acceptors (Lipinski definition) is 3. The fourth-order valence-electron chi connectivity index (χ4n) is 1.33. The zero-order valence-electron chi connectivity index (χ0n) is 7.67. The quantitative estimate of drug-likeness (QED) is 0.691. The van der Waals surface area contributed by atoms with Crippen molar-refractivity contribution in [1.29, 1.82) is 0 Å². The van der Waals surface area contributed by atoms with E-state index in [0.717, 1.165) is 12.1 Å². The molecule has 1 unspecified atom stereocenters. The van der Waals surface area contributed by atoms with Crippen molar-refractivity contribution >= 4 is 11.0 Å². The number of benzene rings is 1.